The van der Waals surface area contributed by atoms with Crippen LogP contribution >= 0.6 is 11.6 Å². The predicted octanol–water partition coefficient (Wildman–Crippen LogP) is 2.58. The van der Waals surface area contributed by atoms with Gasteiger partial charge in [-0.15, -0.1) is 0 Å². The monoisotopic (exact) mass is 509 g/mol. The molecule has 1 N–H and O–H groups in total. The molecule has 2 saturated heterocycles. The Morgan fingerprint density at radius 2 is 2.06 bits per heavy atom. The third-order valence-corrected chi connectivity index (χ3v) is 8.43. The molecular formula is C22H25ClFN5O4S. The lowest BCUT2D eigenvalue weighted by Gasteiger charge is -2.34. The van der Waals surface area contributed by atoms with Crippen LogP contribution in [0.4, 0.5) is 10.1 Å². The van der Waals surface area contributed by atoms with E-state index in [-0.39, 0.29) is 22.9 Å². The van der Waals surface area contributed by atoms with Crippen LogP contribution in [0.15, 0.2) is 40.2 Å². The maximum absolute atomic E-state index is 15.1. The van der Waals surface area contributed by atoms with Crippen LogP contribution in [0.3, 0.4) is 0 Å². The highest BCUT2D eigenvalue weighted by Gasteiger charge is 2.38. The average molecular weight is 510 g/mol. The molecule has 34 heavy (non-hydrogen) atoms. The minimum Gasteiger partial charge on any atom is -0.382 e. The molecule has 2 fully saturated rings. The lowest BCUT2D eigenvalue weighted by atomic mass is 10.0. The first-order valence-electron chi connectivity index (χ1n) is 11.0. The van der Waals surface area contributed by atoms with Gasteiger partial charge in [0.1, 0.15) is 11.2 Å². The Labute approximate surface area is 202 Å². The molecule has 2 aromatic rings. The number of benzene rings is 1. The first-order chi connectivity index (χ1) is 16.3. The number of ether oxygens (including phenoxy) is 1. The van der Waals surface area contributed by atoms with Crippen molar-refractivity contribution in [3.05, 3.63) is 51.4 Å². The normalized spacial score (nSPS) is 23.9. The fourth-order valence-corrected chi connectivity index (χ4v) is 5.90. The highest BCUT2D eigenvalue weighted by atomic mass is 35.5. The largest absolute Gasteiger partial charge is 0.382 e. The summed E-state index contributed by atoms with van der Waals surface area (Å²) in [6, 6.07) is 6.44. The van der Waals surface area contributed by atoms with E-state index in [0.29, 0.717) is 30.3 Å². The van der Waals surface area contributed by atoms with Crippen molar-refractivity contribution in [1.82, 2.24) is 14.1 Å². The number of anilines is 1. The number of aromatic nitrogens is 2. The Kier molecular flexibility index (Phi) is 7.52. The number of sulfonamides is 1. The fraction of sp³-hybridized carbons (Fsp3) is 0.500. The van der Waals surface area contributed by atoms with Crippen molar-refractivity contribution in [3.63, 3.8) is 0 Å². The molecule has 1 aromatic carbocycles. The molecular weight excluding hydrogens is 485 g/mol. The van der Waals surface area contributed by atoms with Gasteiger partial charge in [0.2, 0.25) is 10.0 Å². The van der Waals surface area contributed by atoms with Gasteiger partial charge in [0.05, 0.1) is 41.1 Å². The maximum Gasteiger partial charge on any atom is 0.288 e. The third-order valence-electron chi connectivity index (χ3n) is 6.18. The van der Waals surface area contributed by atoms with Crippen molar-refractivity contribution < 1.29 is 17.5 Å². The molecule has 0 radical (unpaired) electrons. The molecule has 12 heteroatoms. The number of rotatable bonds is 6. The molecule has 0 amide bonds. The van der Waals surface area contributed by atoms with Crippen LogP contribution in [0.1, 0.15) is 30.9 Å². The second kappa shape index (κ2) is 10.4. The molecule has 2 aliphatic rings. The second-order valence-corrected chi connectivity index (χ2v) is 10.8. The van der Waals surface area contributed by atoms with E-state index in [0.717, 1.165) is 28.4 Å². The van der Waals surface area contributed by atoms with Gasteiger partial charge in [-0.3, -0.25) is 4.79 Å². The minimum atomic E-state index is -3.94. The van der Waals surface area contributed by atoms with Gasteiger partial charge in [-0.05, 0) is 49.4 Å². The standard InChI is InChI=1S/C22H25ClFN5O4S/c23-21-19(26-11-16-2-1-9-33-14-16)12-27-29(22(21)30)20-7-8-28(13-18(20)24)34(31,32)17-5-3-15(10-25)4-6-17/h3-6,12,16,18,20,26H,1-2,7-9,11,13-14H2/t16-,18+,20+/m0/s1. The summed E-state index contributed by atoms with van der Waals surface area (Å²) < 4.78 is 48.4. The molecule has 182 valence electrons. The minimum absolute atomic E-state index is 0.0147. The molecule has 2 aliphatic heterocycles. The molecule has 0 aliphatic carbocycles. The first kappa shape index (κ1) is 24.6. The lowest BCUT2D eigenvalue weighted by Crippen LogP contribution is -2.47. The van der Waals surface area contributed by atoms with Crippen LogP contribution in [0.2, 0.25) is 5.02 Å². The van der Waals surface area contributed by atoms with Crippen LogP contribution in [-0.2, 0) is 14.8 Å². The molecule has 0 unspecified atom stereocenters. The summed E-state index contributed by atoms with van der Waals surface area (Å²) in [6.07, 6.45) is 1.81. The average Bonchev–Trinajstić information content (AvgIpc) is 2.86. The van der Waals surface area contributed by atoms with Gasteiger partial charge in [-0.2, -0.15) is 14.7 Å². The molecule has 0 spiro atoms. The maximum atomic E-state index is 15.1. The van der Waals surface area contributed by atoms with Crippen LogP contribution in [0.25, 0.3) is 0 Å². The smallest absolute Gasteiger partial charge is 0.288 e. The predicted molar refractivity (Wildman–Crippen MR) is 124 cm³/mol. The summed E-state index contributed by atoms with van der Waals surface area (Å²) in [6.45, 7) is 1.58. The van der Waals surface area contributed by atoms with Crippen molar-refractivity contribution in [2.45, 2.75) is 36.4 Å². The molecule has 3 heterocycles. The van der Waals surface area contributed by atoms with Gasteiger partial charge in [0, 0.05) is 26.2 Å². The number of alkyl halides is 1. The molecule has 0 saturated carbocycles. The van der Waals surface area contributed by atoms with Gasteiger partial charge in [-0.25, -0.2) is 17.5 Å². The van der Waals surface area contributed by atoms with E-state index >= 15 is 4.39 Å². The lowest BCUT2D eigenvalue weighted by molar-refractivity contribution is 0.0595. The van der Waals surface area contributed by atoms with Crippen molar-refractivity contribution in [1.29, 1.82) is 5.26 Å². The number of nitrogens with zero attached hydrogens (tertiary/aromatic N) is 4. The van der Waals surface area contributed by atoms with Gasteiger partial charge in [-0.1, -0.05) is 11.6 Å². The van der Waals surface area contributed by atoms with Crippen LogP contribution in [0, 0.1) is 17.2 Å². The van der Waals surface area contributed by atoms with E-state index in [4.69, 9.17) is 21.6 Å². The van der Waals surface area contributed by atoms with Gasteiger partial charge < -0.3 is 10.1 Å². The third kappa shape index (κ3) is 5.10. The van der Waals surface area contributed by atoms with Crippen LogP contribution < -0.4 is 10.9 Å². The highest BCUT2D eigenvalue weighted by molar-refractivity contribution is 7.89. The van der Waals surface area contributed by atoms with E-state index in [1.165, 1.54) is 30.5 Å². The SMILES string of the molecule is N#Cc1ccc(S(=O)(=O)N2CC[C@@H](n3ncc(NC[C@@H]4CCCOC4)c(Cl)c3=O)[C@H](F)C2)cc1. The summed E-state index contributed by atoms with van der Waals surface area (Å²) in [5.41, 5.74) is 0.0840. The Hall–Kier alpha value is -2.52. The first-order valence-corrected chi connectivity index (χ1v) is 12.9. The second-order valence-electron chi connectivity index (χ2n) is 8.46. The molecule has 4 rings (SSSR count). The zero-order chi connectivity index (χ0) is 24.3. The zero-order valence-corrected chi connectivity index (χ0v) is 19.9. The van der Waals surface area contributed by atoms with Crippen LogP contribution in [-0.4, -0.2) is 61.5 Å². The van der Waals surface area contributed by atoms with Crippen molar-refractivity contribution >= 4 is 27.3 Å². The van der Waals surface area contributed by atoms with Crippen molar-refractivity contribution in [2.75, 3.05) is 38.2 Å². The molecule has 0 bridgehead atoms. The van der Waals surface area contributed by atoms with Gasteiger partial charge in [0.25, 0.3) is 5.56 Å². The highest BCUT2D eigenvalue weighted by Crippen LogP contribution is 2.29. The van der Waals surface area contributed by atoms with Crippen LogP contribution in [0.5, 0.6) is 0 Å². The Morgan fingerprint density at radius 1 is 1.29 bits per heavy atom. The number of hydrogen-bond acceptors (Lipinski definition) is 7. The number of piperidine rings is 1. The van der Waals surface area contributed by atoms with Crippen molar-refractivity contribution in [2.24, 2.45) is 5.92 Å². The molecule has 1 aromatic heterocycles. The number of hydrogen-bond donors (Lipinski definition) is 1. The Balaban J connectivity index is 1.45. The Morgan fingerprint density at radius 3 is 2.71 bits per heavy atom. The fourth-order valence-electron chi connectivity index (χ4n) is 4.24. The van der Waals surface area contributed by atoms with Gasteiger partial charge >= 0.3 is 0 Å². The molecule has 9 nitrogen and oxygen atoms in total. The van der Waals surface area contributed by atoms with Gasteiger partial charge in [0.15, 0.2) is 0 Å². The van der Waals surface area contributed by atoms with E-state index in [2.05, 4.69) is 10.4 Å². The Bertz CT molecular complexity index is 1230. The van der Waals surface area contributed by atoms with E-state index in [1.54, 1.807) is 0 Å². The van der Waals surface area contributed by atoms with E-state index in [1.807, 2.05) is 6.07 Å². The molecule has 3 atom stereocenters. The van der Waals surface area contributed by atoms with Crippen molar-refractivity contribution in [3.8, 4) is 6.07 Å². The van der Waals surface area contributed by atoms with E-state index < -0.39 is 34.3 Å². The summed E-state index contributed by atoms with van der Waals surface area (Å²) in [4.78, 5) is 12.8. The zero-order valence-electron chi connectivity index (χ0n) is 18.4. The number of halogens is 2. The topological polar surface area (TPSA) is 117 Å². The summed E-state index contributed by atoms with van der Waals surface area (Å²) in [5.74, 6) is 0.310. The quantitative estimate of drug-likeness (QED) is 0.636. The number of nitrogens with one attached hydrogen (secondary N) is 1. The summed E-state index contributed by atoms with van der Waals surface area (Å²) in [7, 11) is -3.94. The summed E-state index contributed by atoms with van der Waals surface area (Å²) in [5, 5.41) is 16.1. The summed E-state index contributed by atoms with van der Waals surface area (Å²) >= 11 is 6.27. The number of nitriles is 1. The van der Waals surface area contributed by atoms with E-state index in [9.17, 15) is 13.2 Å².